The minimum absolute atomic E-state index is 0.0177. The Labute approximate surface area is 176 Å². The van der Waals surface area contributed by atoms with Crippen molar-refractivity contribution in [2.75, 3.05) is 13.1 Å². The number of halogens is 5. The Bertz CT molecular complexity index is 1020. The molecule has 1 fully saturated rings. The van der Waals surface area contributed by atoms with Gasteiger partial charge in [-0.2, -0.15) is 22.6 Å². The Hall–Kier alpha value is -1.49. The van der Waals surface area contributed by atoms with Gasteiger partial charge in [-0.25, -0.2) is 8.42 Å². The number of benzene rings is 1. The zero-order valence-electron chi connectivity index (χ0n) is 15.5. The lowest BCUT2D eigenvalue weighted by Crippen LogP contribution is -2.42. The first-order valence-corrected chi connectivity index (χ1v) is 10.8. The summed E-state index contributed by atoms with van der Waals surface area (Å²) in [5.74, 6) is 0.417. The van der Waals surface area contributed by atoms with Gasteiger partial charge in [-0.05, 0) is 38.0 Å². The first kappa shape index (κ1) is 22.2. The molecule has 0 spiro atoms. The van der Waals surface area contributed by atoms with Crippen LogP contribution in [0.5, 0.6) is 5.75 Å². The van der Waals surface area contributed by atoms with Gasteiger partial charge >= 0.3 is 6.18 Å². The van der Waals surface area contributed by atoms with Crippen LogP contribution in [0.4, 0.5) is 13.2 Å². The molecular formula is C17H18Cl2F3N3O3S. The van der Waals surface area contributed by atoms with Gasteiger partial charge in [0.15, 0.2) is 5.69 Å². The highest BCUT2D eigenvalue weighted by Gasteiger charge is 2.45. The summed E-state index contributed by atoms with van der Waals surface area (Å²) in [5.41, 5.74) is -1.47. The van der Waals surface area contributed by atoms with Crippen molar-refractivity contribution in [3.05, 3.63) is 39.6 Å². The maximum absolute atomic E-state index is 13.4. The molecule has 29 heavy (non-hydrogen) atoms. The second-order valence-electron chi connectivity index (χ2n) is 6.68. The fraction of sp³-hybridized carbons (Fsp3) is 0.471. The van der Waals surface area contributed by atoms with Gasteiger partial charge in [0.1, 0.15) is 16.7 Å². The molecule has 0 aliphatic carbocycles. The fourth-order valence-corrected chi connectivity index (χ4v) is 5.64. The predicted octanol–water partition coefficient (Wildman–Crippen LogP) is 4.29. The molecule has 6 nitrogen and oxygen atoms in total. The minimum Gasteiger partial charge on any atom is -0.489 e. The van der Waals surface area contributed by atoms with Crippen molar-refractivity contribution >= 4 is 33.2 Å². The van der Waals surface area contributed by atoms with Crippen LogP contribution in [0.25, 0.3) is 0 Å². The highest BCUT2D eigenvalue weighted by atomic mass is 35.5. The van der Waals surface area contributed by atoms with Crippen molar-refractivity contribution in [3.63, 3.8) is 0 Å². The Kier molecular flexibility index (Phi) is 6.11. The number of ether oxygens (including phenoxy) is 1. The molecular weight excluding hydrogens is 454 g/mol. The van der Waals surface area contributed by atoms with Gasteiger partial charge in [-0.1, -0.05) is 23.2 Å². The number of nitrogens with zero attached hydrogens (tertiary/aromatic N) is 3. The first-order valence-electron chi connectivity index (χ1n) is 8.64. The van der Waals surface area contributed by atoms with Gasteiger partial charge in [0.25, 0.3) is 0 Å². The topological polar surface area (TPSA) is 64.4 Å². The van der Waals surface area contributed by atoms with Crippen LogP contribution < -0.4 is 4.74 Å². The standard InChI is InChI=1S/C17H18Cl2F3N3O3S/c1-10-15(16(17(20,21)22)24(2)23-10)29(26,27)25-7-5-12(6-8-25)28-14-4-3-11(18)9-13(14)19/h3-4,9,12H,5-8H2,1-2H3. The normalized spacial score (nSPS) is 16.9. The molecule has 3 rings (SSSR count). The van der Waals surface area contributed by atoms with E-state index in [0.717, 1.165) is 11.4 Å². The lowest BCUT2D eigenvalue weighted by Gasteiger charge is -2.31. The smallest absolute Gasteiger partial charge is 0.434 e. The zero-order chi connectivity index (χ0) is 21.6. The van der Waals surface area contributed by atoms with Crippen molar-refractivity contribution in [2.45, 2.75) is 36.9 Å². The van der Waals surface area contributed by atoms with E-state index in [4.69, 9.17) is 27.9 Å². The molecule has 12 heteroatoms. The number of aromatic nitrogens is 2. The predicted molar refractivity (Wildman–Crippen MR) is 102 cm³/mol. The molecule has 0 bridgehead atoms. The van der Waals surface area contributed by atoms with E-state index in [1.165, 1.54) is 13.0 Å². The number of hydrogen-bond donors (Lipinski definition) is 0. The molecule has 160 valence electrons. The number of aryl methyl sites for hydroxylation is 2. The quantitative estimate of drug-likeness (QED) is 0.667. The molecule has 0 radical (unpaired) electrons. The summed E-state index contributed by atoms with van der Waals surface area (Å²) in [6.07, 6.45) is -4.56. The van der Waals surface area contributed by atoms with Gasteiger partial charge in [0, 0.05) is 25.2 Å². The molecule has 1 aliphatic rings. The van der Waals surface area contributed by atoms with Crippen LogP contribution in [0.1, 0.15) is 24.2 Å². The second kappa shape index (κ2) is 7.98. The molecule has 0 saturated carbocycles. The van der Waals surface area contributed by atoms with E-state index < -0.39 is 26.8 Å². The molecule has 0 amide bonds. The Morgan fingerprint density at radius 2 is 1.83 bits per heavy atom. The molecule has 1 aromatic carbocycles. The van der Waals surface area contributed by atoms with Gasteiger partial charge in [-0.15, -0.1) is 0 Å². The Morgan fingerprint density at radius 3 is 2.38 bits per heavy atom. The van der Waals surface area contributed by atoms with Crippen molar-refractivity contribution in [1.82, 2.24) is 14.1 Å². The van der Waals surface area contributed by atoms with E-state index in [1.54, 1.807) is 12.1 Å². The molecule has 0 N–H and O–H groups in total. The van der Waals surface area contributed by atoms with Crippen LogP contribution in [0, 0.1) is 6.92 Å². The Morgan fingerprint density at radius 1 is 1.21 bits per heavy atom. The van der Waals surface area contributed by atoms with Gasteiger partial charge in [0.05, 0.1) is 10.7 Å². The summed E-state index contributed by atoms with van der Waals surface area (Å²) in [7, 11) is -3.29. The van der Waals surface area contributed by atoms with Gasteiger partial charge in [-0.3, -0.25) is 4.68 Å². The summed E-state index contributed by atoms with van der Waals surface area (Å²) in [4.78, 5) is -0.799. The van der Waals surface area contributed by atoms with Crippen LogP contribution in [-0.4, -0.2) is 41.7 Å². The number of rotatable bonds is 4. The van der Waals surface area contributed by atoms with Crippen LogP contribution in [-0.2, 0) is 23.2 Å². The first-order chi connectivity index (χ1) is 13.4. The average molecular weight is 472 g/mol. The zero-order valence-corrected chi connectivity index (χ0v) is 17.8. The summed E-state index contributed by atoms with van der Waals surface area (Å²) in [5, 5.41) is 4.45. The van der Waals surface area contributed by atoms with Crippen LogP contribution >= 0.6 is 23.2 Å². The monoisotopic (exact) mass is 471 g/mol. The van der Waals surface area contributed by atoms with E-state index in [2.05, 4.69) is 5.10 Å². The van der Waals surface area contributed by atoms with E-state index in [0.29, 0.717) is 33.3 Å². The maximum atomic E-state index is 13.4. The third-order valence-corrected chi connectivity index (χ3v) is 7.20. The average Bonchev–Trinajstić information content (AvgIpc) is 2.93. The lowest BCUT2D eigenvalue weighted by molar-refractivity contribution is -0.146. The Balaban J connectivity index is 1.77. The molecule has 1 aliphatic heterocycles. The highest BCUT2D eigenvalue weighted by Crippen LogP contribution is 2.37. The largest absolute Gasteiger partial charge is 0.489 e. The van der Waals surface area contributed by atoms with Crippen molar-refractivity contribution < 1.29 is 26.3 Å². The lowest BCUT2D eigenvalue weighted by atomic mass is 10.1. The number of piperidine rings is 1. The third kappa shape index (κ3) is 4.50. The van der Waals surface area contributed by atoms with Crippen LogP contribution in [0.3, 0.4) is 0 Å². The van der Waals surface area contributed by atoms with E-state index in [1.807, 2.05) is 0 Å². The molecule has 0 unspecified atom stereocenters. The maximum Gasteiger partial charge on any atom is 0.434 e. The van der Waals surface area contributed by atoms with E-state index in [9.17, 15) is 21.6 Å². The number of alkyl halides is 3. The summed E-state index contributed by atoms with van der Waals surface area (Å²) < 4.78 is 73.5. The van der Waals surface area contributed by atoms with Gasteiger partial charge < -0.3 is 4.74 Å². The summed E-state index contributed by atoms with van der Waals surface area (Å²) in [6, 6.07) is 4.76. The molecule has 1 saturated heterocycles. The minimum atomic E-state index is -4.84. The van der Waals surface area contributed by atoms with Crippen LogP contribution in [0.2, 0.25) is 10.0 Å². The fourth-order valence-electron chi connectivity index (χ4n) is 3.33. The van der Waals surface area contributed by atoms with E-state index >= 15 is 0 Å². The van der Waals surface area contributed by atoms with Crippen molar-refractivity contribution in [2.24, 2.45) is 7.05 Å². The molecule has 0 atom stereocenters. The summed E-state index contributed by atoms with van der Waals surface area (Å²) >= 11 is 11.9. The number of hydrogen-bond acceptors (Lipinski definition) is 4. The second-order valence-corrected chi connectivity index (χ2v) is 9.40. The van der Waals surface area contributed by atoms with Crippen molar-refractivity contribution in [1.29, 1.82) is 0 Å². The van der Waals surface area contributed by atoms with Crippen LogP contribution in [0.15, 0.2) is 23.1 Å². The highest BCUT2D eigenvalue weighted by molar-refractivity contribution is 7.89. The molecule has 1 aromatic heterocycles. The van der Waals surface area contributed by atoms with E-state index in [-0.39, 0.29) is 24.9 Å². The molecule has 2 heterocycles. The third-order valence-electron chi connectivity index (χ3n) is 4.62. The summed E-state index contributed by atoms with van der Waals surface area (Å²) in [6.45, 7) is 1.29. The van der Waals surface area contributed by atoms with Gasteiger partial charge in [0.2, 0.25) is 10.0 Å². The SMILES string of the molecule is Cc1nn(C)c(C(F)(F)F)c1S(=O)(=O)N1CCC(Oc2ccc(Cl)cc2Cl)CC1. The molecule has 2 aromatic rings. The number of sulfonamides is 1. The van der Waals surface area contributed by atoms with Crippen molar-refractivity contribution in [3.8, 4) is 5.75 Å².